The number of nitrogens with zero attached hydrogens (tertiary/aromatic N) is 1. The fourth-order valence-electron chi connectivity index (χ4n) is 1.68. The second-order valence-corrected chi connectivity index (χ2v) is 3.75. The first-order valence-electron chi connectivity index (χ1n) is 5.19. The molecule has 0 bridgehead atoms. The van der Waals surface area contributed by atoms with Gasteiger partial charge in [-0.15, -0.1) is 0 Å². The normalized spacial score (nSPS) is 25.3. The van der Waals surface area contributed by atoms with E-state index in [9.17, 15) is 10.1 Å². The molecule has 0 amide bonds. The molecule has 0 spiro atoms. The van der Waals surface area contributed by atoms with Crippen molar-refractivity contribution < 1.29 is 14.4 Å². The van der Waals surface area contributed by atoms with Gasteiger partial charge < -0.3 is 9.47 Å². The van der Waals surface area contributed by atoms with Crippen molar-refractivity contribution >= 4 is 5.69 Å². The van der Waals surface area contributed by atoms with E-state index >= 15 is 0 Å². The van der Waals surface area contributed by atoms with Crippen LogP contribution in [0.1, 0.15) is 25.2 Å². The van der Waals surface area contributed by atoms with E-state index in [1.807, 2.05) is 6.92 Å². The van der Waals surface area contributed by atoms with Crippen molar-refractivity contribution in [3.05, 3.63) is 39.9 Å². The predicted octanol–water partition coefficient (Wildman–Crippen LogP) is 2.42. The molecule has 2 atom stereocenters. The van der Waals surface area contributed by atoms with Gasteiger partial charge in [0.1, 0.15) is 0 Å². The highest BCUT2D eigenvalue weighted by Crippen LogP contribution is 2.31. The Morgan fingerprint density at radius 2 is 2.19 bits per heavy atom. The van der Waals surface area contributed by atoms with E-state index in [1.54, 1.807) is 18.2 Å². The molecule has 2 rings (SSSR count). The lowest BCUT2D eigenvalue weighted by Gasteiger charge is -2.27. The molecule has 1 aliphatic rings. The quantitative estimate of drug-likeness (QED) is 0.570. The van der Waals surface area contributed by atoms with Gasteiger partial charge in [-0.3, -0.25) is 10.1 Å². The molecule has 86 valence electrons. The van der Waals surface area contributed by atoms with Crippen LogP contribution >= 0.6 is 0 Å². The summed E-state index contributed by atoms with van der Waals surface area (Å²) in [6, 6.07) is 6.50. The number of nitro benzene ring substituents is 1. The predicted molar refractivity (Wildman–Crippen MR) is 57.0 cm³/mol. The van der Waals surface area contributed by atoms with Crippen LogP contribution in [0.2, 0.25) is 0 Å². The van der Waals surface area contributed by atoms with Gasteiger partial charge in [0.2, 0.25) is 0 Å². The summed E-state index contributed by atoms with van der Waals surface area (Å²) in [5.74, 6) is 0. The Hall–Kier alpha value is -1.46. The van der Waals surface area contributed by atoms with Crippen molar-refractivity contribution in [2.24, 2.45) is 0 Å². The molecule has 0 saturated carbocycles. The molecule has 5 nitrogen and oxygen atoms in total. The van der Waals surface area contributed by atoms with Crippen molar-refractivity contribution in [2.45, 2.75) is 25.7 Å². The van der Waals surface area contributed by atoms with E-state index < -0.39 is 11.2 Å². The number of benzene rings is 1. The van der Waals surface area contributed by atoms with E-state index in [0.29, 0.717) is 12.2 Å². The van der Waals surface area contributed by atoms with Crippen LogP contribution in [0.15, 0.2) is 24.3 Å². The third-order valence-electron chi connectivity index (χ3n) is 2.54. The Kier molecular flexibility index (Phi) is 3.17. The van der Waals surface area contributed by atoms with Crippen LogP contribution in [-0.2, 0) is 9.47 Å². The Morgan fingerprint density at radius 3 is 2.88 bits per heavy atom. The molecule has 5 heteroatoms. The molecule has 1 saturated heterocycles. The summed E-state index contributed by atoms with van der Waals surface area (Å²) in [6.07, 6.45) is 0.265. The minimum atomic E-state index is -0.620. The van der Waals surface area contributed by atoms with Crippen LogP contribution in [0, 0.1) is 10.1 Å². The van der Waals surface area contributed by atoms with Gasteiger partial charge in [0.25, 0.3) is 5.69 Å². The lowest BCUT2D eigenvalue weighted by molar-refractivity contribution is -0.387. The fourth-order valence-corrected chi connectivity index (χ4v) is 1.68. The lowest BCUT2D eigenvalue weighted by Crippen LogP contribution is -2.25. The Morgan fingerprint density at radius 1 is 1.44 bits per heavy atom. The average molecular weight is 223 g/mol. The van der Waals surface area contributed by atoms with Crippen molar-refractivity contribution in [1.82, 2.24) is 0 Å². The summed E-state index contributed by atoms with van der Waals surface area (Å²) in [4.78, 5) is 10.4. The molecular weight excluding hydrogens is 210 g/mol. The molecule has 0 unspecified atom stereocenters. The van der Waals surface area contributed by atoms with Gasteiger partial charge in [-0.2, -0.15) is 0 Å². The molecule has 1 aromatic carbocycles. The fraction of sp³-hybridized carbons (Fsp3) is 0.455. The van der Waals surface area contributed by atoms with Gasteiger partial charge >= 0.3 is 0 Å². The second-order valence-electron chi connectivity index (χ2n) is 3.75. The Balaban J connectivity index is 2.28. The molecule has 0 radical (unpaired) electrons. The molecule has 0 aliphatic carbocycles. The molecule has 1 aromatic rings. The third kappa shape index (κ3) is 2.20. The number of hydrogen-bond acceptors (Lipinski definition) is 4. The number of hydrogen-bond donors (Lipinski definition) is 0. The van der Waals surface area contributed by atoms with E-state index in [1.165, 1.54) is 6.07 Å². The molecular formula is C11H13NO4. The van der Waals surface area contributed by atoms with Gasteiger partial charge in [0.15, 0.2) is 6.29 Å². The first-order chi connectivity index (χ1) is 7.68. The summed E-state index contributed by atoms with van der Waals surface area (Å²) in [6.45, 7) is 2.50. The maximum absolute atomic E-state index is 10.8. The van der Waals surface area contributed by atoms with E-state index in [4.69, 9.17) is 9.47 Å². The zero-order valence-corrected chi connectivity index (χ0v) is 8.96. The molecule has 0 N–H and O–H groups in total. The molecule has 1 heterocycles. The summed E-state index contributed by atoms with van der Waals surface area (Å²) in [5.41, 5.74) is 0.528. The minimum Gasteiger partial charge on any atom is -0.348 e. The largest absolute Gasteiger partial charge is 0.348 e. The van der Waals surface area contributed by atoms with Crippen molar-refractivity contribution in [1.29, 1.82) is 0 Å². The van der Waals surface area contributed by atoms with Gasteiger partial charge in [-0.1, -0.05) is 12.1 Å². The van der Waals surface area contributed by atoms with E-state index in [0.717, 1.165) is 6.42 Å². The monoisotopic (exact) mass is 223 g/mol. The second kappa shape index (κ2) is 4.59. The third-order valence-corrected chi connectivity index (χ3v) is 2.54. The summed E-state index contributed by atoms with van der Waals surface area (Å²) < 4.78 is 10.9. The van der Waals surface area contributed by atoms with Crippen LogP contribution in [0.3, 0.4) is 0 Å². The van der Waals surface area contributed by atoms with Crippen LogP contribution < -0.4 is 0 Å². The van der Waals surface area contributed by atoms with Crippen molar-refractivity contribution in [3.63, 3.8) is 0 Å². The number of rotatable bonds is 2. The first kappa shape index (κ1) is 11.0. The lowest BCUT2D eigenvalue weighted by atomic mass is 10.1. The topological polar surface area (TPSA) is 61.6 Å². The molecule has 1 aliphatic heterocycles. The summed E-state index contributed by atoms with van der Waals surface area (Å²) in [7, 11) is 0. The maximum Gasteiger partial charge on any atom is 0.277 e. The summed E-state index contributed by atoms with van der Waals surface area (Å²) in [5, 5.41) is 10.8. The number of ether oxygens (including phenoxy) is 2. The molecule has 0 aromatic heterocycles. The van der Waals surface area contributed by atoms with Crippen LogP contribution in [0.4, 0.5) is 5.69 Å². The van der Waals surface area contributed by atoms with Gasteiger partial charge in [-0.05, 0) is 19.4 Å². The SMILES string of the molecule is C[C@@H]1CCO[C@@H](c2ccccc2[N+](=O)[O-])O1. The van der Waals surface area contributed by atoms with Crippen LogP contribution in [0.25, 0.3) is 0 Å². The van der Waals surface area contributed by atoms with Gasteiger partial charge in [0.05, 0.1) is 23.2 Å². The maximum atomic E-state index is 10.8. The highest BCUT2D eigenvalue weighted by Gasteiger charge is 2.27. The van der Waals surface area contributed by atoms with Gasteiger partial charge in [-0.25, -0.2) is 0 Å². The van der Waals surface area contributed by atoms with Gasteiger partial charge in [0, 0.05) is 6.07 Å². The van der Waals surface area contributed by atoms with Crippen molar-refractivity contribution in [3.8, 4) is 0 Å². The average Bonchev–Trinajstić information content (AvgIpc) is 2.29. The van der Waals surface area contributed by atoms with Crippen LogP contribution in [0.5, 0.6) is 0 Å². The highest BCUT2D eigenvalue weighted by atomic mass is 16.7. The standard InChI is InChI=1S/C11H13NO4/c1-8-6-7-15-11(16-8)9-4-2-3-5-10(9)12(13)14/h2-5,8,11H,6-7H2,1H3/t8-,11-/m1/s1. The smallest absolute Gasteiger partial charge is 0.277 e. The zero-order valence-electron chi connectivity index (χ0n) is 8.96. The van der Waals surface area contributed by atoms with E-state index in [2.05, 4.69) is 0 Å². The summed E-state index contributed by atoms with van der Waals surface area (Å²) >= 11 is 0. The minimum absolute atomic E-state index is 0.0431. The zero-order chi connectivity index (χ0) is 11.5. The highest BCUT2D eigenvalue weighted by molar-refractivity contribution is 5.40. The van der Waals surface area contributed by atoms with E-state index in [-0.39, 0.29) is 11.8 Å². The van der Waals surface area contributed by atoms with Crippen LogP contribution in [-0.4, -0.2) is 17.6 Å². The first-order valence-corrected chi connectivity index (χ1v) is 5.19. The van der Waals surface area contributed by atoms with Crippen molar-refractivity contribution in [2.75, 3.05) is 6.61 Å². The Bertz CT molecular complexity index is 393. The molecule has 1 fully saturated rings. The Labute approximate surface area is 93.1 Å². The number of nitro groups is 1. The number of para-hydroxylation sites is 1. The molecule has 16 heavy (non-hydrogen) atoms.